The first-order valence-corrected chi connectivity index (χ1v) is 8.79. The second-order valence-electron chi connectivity index (χ2n) is 5.96. The summed E-state index contributed by atoms with van der Waals surface area (Å²) in [7, 11) is 2.49. The SMILES string of the molecule is COc1cc(OC)c(F)c(COc2cnc(NC(C=NC(C)C(=O)O)=CN)nc2)c1F. The zero-order chi connectivity index (χ0) is 23.0. The molecule has 1 unspecified atom stereocenters. The van der Waals surface area contributed by atoms with Gasteiger partial charge in [-0.2, -0.15) is 0 Å². The van der Waals surface area contributed by atoms with Crippen LogP contribution < -0.4 is 25.3 Å². The summed E-state index contributed by atoms with van der Waals surface area (Å²) in [6, 6.07) is 0.144. The van der Waals surface area contributed by atoms with Gasteiger partial charge in [0.1, 0.15) is 12.6 Å². The van der Waals surface area contributed by atoms with Gasteiger partial charge in [0.15, 0.2) is 28.9 Å². The molecule has 2 aromatic rings. The number of hydrogen-bond acceptors (Lipinski definition) is 9. The van der Waals surface area contributed by atoms with E-state index in [1.54, 1.807) is 0 Å². The van der Waals surface area contributed by atoms with Crippen LogP contribution in [-0.4, -0.2) is 47.5 Å². The van der Waals surface area contributed by atoms with E-state index >= 15 is 0 Å². The minimum atomic E-state index is -1.09. The molecular weight excluding hydrogens is 416 g/mol. The Balaban J connectivity index is 2.08. The number of nitrogens with two attached hydrogens (primary N) is 1. The number of carboxylic acids is 1. The first-order valence-electron chi connectivity index (χ1n) is 8.79. The van der Waals surface area contributed by atoms with Crippen LogP contribution in [0.3, 0.4) is 0 Å². The van der Waals surface area contributed by atoms with Crippen LogP contribution in [0.1, 0.15) is 12.5 Å². The summed E-state index contributed by atoms with van der Waals surface area (Å²) in [5.74, 6) is -3.04. The Kier molecular flexibility index (Phi) is 8.06. The molecule has 0 aliphatic rings. The van der Waals surface area contributed by atoms with Gasteiger partial charge < -0.3 is 30.4 Å². The first kappa shape index (κ1) is 23.3. The number of ether oxygens (including phenoxy) is 3. The number of carboxylic acid groups (broad SMARTS) is 1. The number of methoxy groups -OCH3 is 2. The van der Waals surface area contributed by atoms with Gasteiger partial charge in [0.05, 0.1) is 37.9 Å². The maximum absolute atomic E-state index is 14.4. The van der Waals surface area contributed by atoms with Crippen LogP contribution in [0.25, 0.3) is 0 Å². The van der Waals surface area contributed by atoms with Gasteiger partial charge in [0, 0.05) is 18.5 Å². The third-order valence-corrected chi connectivity index (χ3v) is 3.91. The lowest BCUT2D eigenvalue weighted by atomic mass is 10.1. The van der Waals surface area contributed by atoms with E-state index in [0.29, 0.717) is 0 Å². The molecule has 31 heavy (non-hydrogen) atoms. The average Bonchev–Trinajstić information content (AvgIpc) is 2.77. The van der Waals surface area contributed by atoms with Crippen molar-refractivity contribution in [1.82, 2.24) is 9.97 Å². The molecule has 0 amide bonds. The Morgan fingerprint density at radius 2 is 1.84 bits per heavy atom. The fourth-order valence-corrected chi connectivity index (χ4v) is 2.18. The summed E-state index contributed by atoms with van der Waals surface area (Å²) in [5.41, 5.74) is 5.35. The molecule has 0 aliphatic heterocycles. The molecule has 0 saturated carbocycles. The van der Waals surface area contributed by atoms with Crippen LogP contribution in [0.2, 0.25) is 0 Å². The largest absolute Gasteiger partial charge is 0.494 e. The fourth-order valence-electron chi connectivity index (χ4n) is 2.18. The molecule has 0 aliphatic carbocycles. The number of carbonyl (C=O) groups is 1. The van der Waals surface area contributed by atoms with Gasteiger partial charge in [-0.1, -0.05) is 0 Å². The third kappa shape index (κ3) is 6.01. The summed E-state index contributed by atoms with van der Waals surface area (Å²) in [6.07, 6.45) is 4.93. The number of aromatic nitrogens is 2. The van der Waals surface area contributed by atoms with Crippen molar-refractivity contribution in [3.05, 3.63) is 47.6 Å². The maximum atomic E-state index is 14.4. The summed E-state index contributed by atoms with van der Waals surface area (Å²) >= 11 is 0. The molecule has 4 N–H and O–H groups in total. The molecule has 1 heterocycles. The quantitative estimate of drug-likeness (QED) is 0.477. The van der Waals surface area contributed by atoms with Crippen LogP contribution in [0.15, 0.2) is 35.3 Å². The van der Waals surface area contributed by atoms with E-state index in [-0.39, 0.29) is 34.5 Å². The topological polar surface area (TPSA) is 141 Å². The minimum Gasteiger partial charge on any atom is -0.494 e. The lowest BCUT2D eigenvalue weighted by molar-refractivity contribution is -0.137. The van der Waals surface area contributed by atoms with Crippen molar-refractivity contribution in [2.24, 2.45) is 10.7 Å². The monoisotopic (exact) mass is 437 g/mol. The first-order chi connectivity index (χ1) is 14.8. The van der Waals surface area contributed by atoms with Gasteiger partial charge in [-0.05, 0) is 6.92 Å². The molecule has 0 saturated heterocycles. The number of aliphatic imine (C=N–C) groups is 1. The third-order valence-electron chi connectivity index (χ3n) is 3.91. The number of hydrogen-bond donors (Lipinski definition) is 3. The van der Waals surface area contributed by atoms with Crippen molar-refractivity contribution < 1.29 is 32.9 Å². The number of allylic oxidation sites excluding steroid dienone is 1. The molecule has 166 valence electrons. The van der Waals surface area contributed by atoms with Crippen LogP contribution in [0.4, 0.5) is 14.7 Å². The number of rotatable bonds is 10. The predicted octanol–water partition coefficient (Wildman–Crippen LogP) is 2.11. The lowest BCUT2D eigenvalue weighted by Crippen LogP contribution is -2.15. The van der Waals surface area contributed by atoms with Crippen LogP contribution >= 0.6 is 0 Å². The van der Waals surface area contributed by atoms with E-state index in [0.717, 1.165) is 12.3 Å². The zero-order valence-electron chi connectivity index (χ0n) is 16.9. The molecule has 12 heteroatoms. The van der Waals surface area contributed by atoms with Crippen LogP contribution in [0.5, 0.6) is 17.2 Å². The molecule has 0 spiro atoms. The lowest BCUT2D eigenvalue weighted by Gasteiger charge is -2.13. The highest BCUT2D eigenvalue weighted by Crippen LogP contribution is 2.31. The van der Waals surface area contributed by atoms with Gasteiger partial charge in [-0.15, -0.1) is 0 Å². The number of nitrogens with zero attached hydrogens (tertiary/aromatic N) is 3. The van der Waals surface area contributed by atoms with Crippen LogP contribution in [-0.2, 0) is 11.4 Å². The van der Waals surface area contributed by atoms with E-state index < -0.39 is 30.3 Å². The molecular formula is C19H21F2N5O5. The number of benzene rings is 1. The summed E-state index contributed by atoms with van der Waals surface area (Å²) in [5, 5.41) is 11.6. The Hall–Kier alpha value is -3.96. The molecule has 2 rings (SSSR count). The van der Waals surface area contributed by atoms with Gasteiger partial charge in [0.2, 0.25) is 5.95 Å². The highest BCUT2D eigenvalue weighted by atomic mass is 19.1. The second kappa shape index (κ2) is 10.7. The second-order valence-corrected chi connectivity index (χ2v) is 5.96. The molecule has 1 atom stereocenters. The van der Waals surface area contributed by atoms with E-state index in [2.05, 4.69) is 20.3 Å². The Morgan fingerprint density at radius 3 is 2.32 bits per heavy atom. The van der Waals surface area contributed by atoms with E-state index in [4.69, 9.17) is 25.1 Å². The van der Waals surface area contributed by atoms with Crippen LogP contribution in [0, 0.1) is 11.6 Å². The highest BCUT2D eigenvalue weighted by molar-refractivity contribution is 5.84. The molecule has 1 aromatic carbocycles. The molecule has 0 bridgehead atoms. The minimum absolute atomic E-state index is 0.110. The van der Waals surface area contributed by atoms with E-state index in [1.807, 2.05) is 0 Å². The fraction of sp³-hybridized carbons (Fsp3) is 0.263. The van der Waals surface area contributed by atoms with Crippen molar-refractivity contribution in [2.75, 3.05) is 19.5 Å². The van der Waals surface area contributed by atoms with Gasteiger partial charge >= 0.3 is 5.97 Å². The summed E-state index contributed by atoms with van der Waals surface area (Å²) in [6.45, 7) is 0.939. The van der Waals surface area contributed by atoms with Gasteiger partial charge in [-0.25, -0.2) is 23.5 Å². The number of anilines is 1. The predicted molar refractivity (Wildman–Crippen MR) is 107 cm³/mol. The normalized spacial score (nSPS) is 12.5. The standard InChI is InChI=1S/C19H21F2N5O5/c1-10(18(27)28)23-6-11(5-22)26-19-24-7-12(8-25-19)31-9-13-16(20)14(29-2)4-15(30-3)17(13)21/h4-8,10H,9,22H2,1-3H3,(H,27,28)(H,24,25,26). The Labute approximate surface area is 176 Å². The molecule has 0 radical (unpaired) electrons. The van der Waals surface area contributed by atoms with Crippen molar-refractivity contribution in [1.29, 1.82) is 0 Å². The number of aliphatic carboxylic acids is 1. The maximum Gasteiger partial charge on any atom is 0.328 e. The van der Waals surface area contributed by atoms with Crippen molar-refractivity contribution in [3.63, 3.8) is 0 Å². The Bertz CT molecular complexity index is 954. The smallest absolute Gasteiger partial charge is 0.328 e. The molecule has 0 fully saturated rings. The highest BCUT2D eigenvalue weighted by Gasteiger charge is 2.20. The van der Waals surface area contributed by atoms with Crippen molar-refractivity contribution in [3.8, 4) is 17.2 Å². The van der Waals surface area contributed by atoms with Crippen molar-refractivity contribution >= 4 is 18.1 Å². The number of nitrogens with one attached hydrogen (secondary N) is 1. The van der Waals surface area contributed by atoms with Gasteiger partial charge in [0.25, 0.3) is 0 Å². The summed E-state index contributed by atoms with van der Waals surface area (Å²) in [4.78, 5) is 22.6. The average molecular weight is 437 g/mol. The zero-order valence-corrected chi connectivity index (χ0v) is 16.9. The van der Waals surface area contributed by atoms with E-state index in [9.17, 15) is 13.6 Å². The van der Waals surface area contributed by atoms with E-state index in [1.165, 1.54) is 39.8 Å². The van der Waals surface area contributed by atoms with Gasteiger partial charge in [-0.3, -0.25) is 4.99 Å². The molecule has 10 nitrogen and oxygen atoms in total. The summed E-state index contributed by atoms with van der Waals surface area (Å²) < 4.78 is 43.9. The van der Waals surface area contributed by atoms with Crippen molar-refractivity contribution in [2.45, 2.75) is 19.6 Å². The number of halogens is 2. The molecule has 1 aromatic heterocycles. The Morgan fingerprint density at radius 1 is 1.26 bits per heavy atom.